The van der Waals surface area contributed by atoms with Crippen molar-refractivity contribution >= 4 is 39.0 Å². The maximum atomic E-state index is 11.8. The summed E-state index contributed by atoms with van der Waals surface area (Å²) >= 11 is 9.15. The van der Waals surface area contributed by atoms with Crippen LogP contribution in [0.15, 0.2) is 65.3 Å². The topological polar surface area (TPSA) is 29.1 Å². The second kappa shape index (κ2) is 6.55. The molecule has 0 aliphatic heterocycles. The Hall–Kier alpha value is -1.58. The number of hydrogen-bond acceptors (Lipinski definition) is 2. The lowest BCUT2D eigenvalue weighted by molar-refractivity contribution is 0.104. The van der Waals surface area contributed by atoms with Gasteiger partial charge in [-0.2, -0.15) is 0 Å². The van der Waals surface area contributed by atoms with Gasteiger partial charge in [-0.1, -0.05) is 33.6 Å². The molecule has 0 spiro atoms. The second-order valence-corrected chi connectivity index (χ2v) is 5.21. The van der Waals surface area contributed by atoms with E-state index in [1.165, 1.54) is 6.08 Å². The molecule has 0 amide bonds. The molecule has 0 saturated carbocycles. The highest BCUT2D eigenvalue weighted by molar-refractivity contribution is 9.10. The molecule has 1 N–H and O–H groups in total. The summed E-state index contributed by atoms with van der Waals surface area (Å²) in [5.74, 6) is -0.0702. The van der Waals surface area contributed by atoms with Gasteiger partial charge in [0.25, 0.3) is 0 Å². The molecule has 0 heterocycles. The number of rotatable bonds is 4. The van der Waals surface area contributed by atoms with Gasteiger partial charge >= 0.3 is 0 Å². The smallest absolute Gasteiger partial charge is 0.187 e. The first-order valence-corrected chi connectivity index (χ1v) is 6.81. The van der Waals surface area contributed by atoms with Crippen molar-refractivity contribution in [2.24, 2.45) is 0 Å². The van der Waals surface area contributed by atoms with E-state index in [2.05, 4.69) is 21.2 Å². The fraction of sp³-hybridized carbons (Fsp3) is 0. The normalized spacial score (nSPS) is 10.6. The third-order valence-electron chi connectivity index (χ3n) is 2.44. The molecule has 19 heavy (non-hydrogen) atoms. The Morgan fingerprint density at radius 2 is 1.89 bits per heavy atom. The van der Waals surface area contributed by atoms with Crippen LogP contribution >= 0.6 is 27.5 Å². The number of anilines is 1. The van der Waals surface area contributed by atoms with Crippen LogP contribution in [0.4, 0.5) is 5.69 Å². The van der Waals surface area contributed by atoms with Crippen molar-refractivity contribution in [3.8, 4) is 0 Å². The predicted octanol–water partition coefficient (Wildman–Crippen LogP) is 4.91. The molecular weight excluding hydrogens is 326 g/mol. The summed E-state index contributed by atoms with van der Waals surface area (Å²) in [7, 11) is 0. The van der Waals surface area contributed by atoms with Gasteiger partial charge < -0.3 is 5.32 Å². The molecule has 0 fully saturated rings. The van der Waals surface area contributed by atoms with E-state index in [0.29, 0.717) is 10.6 Å². The summed E-state index contributed by atoms with van der Waals surface area (Å²) < 4.78 is 0.981. The highest BCUT2D eigenvalue weighted by Gasteiger charge is 2.00. The average Bonchev–Trinajstić information content (AvgIpc) is 2.39. The van der Waals surface area contributed by atoms with E-state index in [1.807, 2.05) is 24.3 Å². The first-order valence-electron chi connectivity index (χ1n) is 5.64. The maximum absolute atomic E-state index is 11.8. The molecular formula is C15H11BrClNO. The Bertz CT molecular complexity index is 608. The fourth-order valence-electron chi connectivity index (χ4n) is 1.50. The molecule has 0 aromatic heterocycles. The van der Waals surface area contributed by atoms with Gasteiger partial charge in [-0.3, -0.25) is 4.79 Å². The van der Waals surface area contributed by atoms with Crippen molar-refractivity contribution in [2.75, 3.05) is 5.32 Å². The lowest BCUT2D eigenvalue weighted by Crippen LogP contribution is -1.95. The Labute approximate surface area is 125 Å². The largest absolute Gasteiger partial charge is 0.362 e. The van der Waals surface area contributed by atoms with Crippen LogP contribution in [-0.2, 0) is 0 Å². The number of nitrogens with one attached hydrogen (secondary N) is 1. The number of carbonyl (C=O) groups is 1. The minimum atomic E-state index is -0.0702. The van der Waals surface area contributed by atoms with Crippen molar-refractivity contribution in [3.05, 3.63) is 75.9 Å². The van der Waals surface area contributed by atoms with Crippen LogP contribution in [0.1, 0.15) is 10.4 Å². The summed E-state index contributed by atoms with van der Waals surface area (Å²) in [6.07, 6.45) is 3.11. The van der Waals surface area contributed by atoms with Gasteiger partial charge in [-0.25, -0.2) is 0 Å². The average molecular weight is 337 g/mol. The van der Waals surface area contributed by atoms with Gasteiger partial charge in [0, 0.05) is 33.0 Å². The number of halogens is 2. The third kappa shape index (κ3) is 4.23. The van der Waals surface area contributed by atoms with Crippen LogP contribution in [0.3, 0.4) is 0 Å². The molecule has 96 valence electrons. The van der Waals surface area contributed by atoms with Crippen molar-refractivity contribution in [1.29, 1.82) is 0 Å². The molecule has 2 rings (SSSR count). The van der Waals surface area contributed by atoms with Gasteiger partial charge in [-0.15, -0.1) is 0 Å². The van der Waals surface area contributed by atoms with Crippen LogP contribution in [0.2, 0.25) is 5.02 Å². The summed E-state index contributed by atoms with van der Waals surface area (Å²) in [5, 5.41) is 3.66. The number of carbonyl (C=O) groups excluding carboxylic acids is 1. The molecule has 2 aromatic rings. The molecule has 4 heteroatoms. The summed E-state index contributed by atoms with van der Waals surface area (Å²) in [5.41, 5.74) is 1.52. The molecule has 2 nitrogen and oxygen atoms in total. The Balaban J connectivity index is 1.99. The first-order chi connectivity index (χ1) is 9.15. The Morgan fingerprint density at radius 3 is 2.58 bits per heavy atom. The number of allylic oxidation sites excluding steroid dienone is 1. The highest BCUT2D eigenvalue weighted by atomic mass is 79.9. The van der Waals surface area contributed by atoms with Crippen LogP contribution in [-0.4, -0.2) is 5.78 Å². The van der Waals surface area contributed by atoms with E-state index in [-0.39, 0.29) is 5.78 Å². The van der Waals surface area contributed by atoms with Gasteiger partial charge in [0.15, 0.2) is 5.78 Å². The molecule has 0 unspecified atom stereocenters. The van der Waals surface area contributed by atoms with Gasteiger partial charge in [0.1, 0.15) is 0 Å². The van der Waals surface area contributed by atoms with Crippen LogP contribution < -0.4 is 5.32 Å². The monoisotopic (exact) mass is 335 g/mol. The van der Waals surface area contributed by atoms with Crippen molar-refractivity contribution in [2.45, 2.75) is 0 Å². The van der Waals surface area contributed by atoms with Crippen molar-refractivity contribution in [3.63, 3.8) is 0 Å². The standard InChI is InChI=1S/C15H11BrClNO/c16-12-2-1-3-14(10-12)18-9-8-15(19)11-4-6-13(17)7-5-11/h1-10,18H/b9-8-. The van der Waals surface area contributed by atoms with E-state index in [9.17, 15) is 4.79 Å². The number of hydrogen-bond donors (Lipinski definition) is 1. The van der Waals surface area contributed by atoms with E-state index in [4.69, 9.17) is 11.6 Å². The molecule has 0 aliphatic carbocycles. The predicted molar refractivity (Wildman–Crippen MR) is 82.7 cm³/mol. The van der Waals surface area contributed by atoms with E-state index in [0.717, 1.165) is 10.2 Å². The minimum absolute atomic E-state index is 0.0702. The number of benzene rings is 2. The lowest BCUT2D eigenvalue weighted by atomic mass is 10.1. The molecule has 0 atom stereocenters. The zero-order valence-corrected chi connectivity index (χ0v) is 12.3. The van der Waals surface area contributed by atoms with Crippen molar-refractivity contribution in [1.82, 2.24) is 0 Å². The Morgan fingerprint density at radius 1 is 1.16 bits per heavy atom. The van der Waals surface area contributed by atoms with Gasteiger partial charge in [-0.05, 0) is 42.5 Å². The molecule has 0 radical (unpaired) electrons. The quantitative estimate of drug-likeness (QED) is 0.635. The second-order valence-electron chi connectivity index (χ2n) is 3.86. The van der Waals surface area contributed by atoms with Crippen LogP contribution in [0.5, 0.6) is 0 Å². The fourth-order valence-corrected chi connectivity index (χ4v) is 2.03. The molecule has 2 aromatic carbocycles. The zero-order valence-electron chi connectivity index (χ0n) is 9.94. The SMILES string of the molecule is O=C(/C=C\Nc1cccc(Br)c1)c1ccc(Cl)cc1. The minimum Gasteiger partial charge on any atom is -0.362 e. The Kier molecular flexibility index (Phi) is 4.77. The van der Waals surface area contributed by atoms with E-state index < -0.39 is 0 Å². The summed E-state index contributed by atoms with van der Waals surface area (Å²) in [6, 6.07) is 14.5. The molecule has 0 bridgehead atoms. The first kappa shape index (κ1) is 13.8. The van der Waals surface area contributed by atoms with Gasteiger partial charge in [0.2, 0.25) is 0 Å². The lowest BCUT2D eigenvalue weighted by Gasteiger charge is -2.00. The summed E-state index contributed by atoms with van der Waals surface area (Å²) in [6.45, 7) is 0. The van der Waals surface area contributed by atoms with Crippen LogP contribution in [0, 0.1) is 0 Å². The molecule has 0 aliphatic rings. The third-order valence-corrected chi connectivity index (χ3v) is 3.18. The molecule has 0 saturated heterocycles. The van der Waals surface area contributed by atoms with Crippen molar-refractivity contribution < 1.29 is 4.79 Å². The zero-order chi connectivity index (χ0) is 13.7. The van der Waals surface area contributed by atoms with Gasteiger partial charge in [0.05, 0.1) is 0 Å². The van der Waals surface area contributed by atoms with E-state index >= 15 is 0 Å². The summed E-state index contributed by atoms with van der Waals surface area (Å²) in [4.78, 5) is 11.8. The maximum Gasteiger partial charge on any atom is 0.187 e. The number of ketones is 1. The highest BCUT2D eigenvalue weighted by Crippen LogP contribution is 2.15. The van der Waals surface area contributed by atoms with Crippen LogP contribution in [0.25, 0.3) is 0 Å². The van der Waals surface area contributed by atoms with E-state index in [1.54, 1.807) is 30.5 Å².